The van der Waals surface area contributed by atoms with Crippen molar-refractivity contribution in [3.05, 3.63) is 11.6 Å². The molecule has 0 aromatic rings. The Morgan fingerprint density at radius 2 is 1.85 bits per heavy atom. The zero-order chi connectivity index (χ0) is 24.5. The summed E-state index contributed by atoms with van der Waals surface area (Å²) in [5, 5.41) is 0. The van der Waals surface area contributed by atoms with Crippen LogP contribution in [0.3, 0.4) is 0 Å². The molecule has 0 bridgehead atoms. The van der Waals surface area contributed by atoms with E-state index in [1.165, 1.54) is 57.8 Å². The molecule has 34 heavy (non-hydrogen) atoms. The Labute approximate surface area is 215 Å². The molecule has 4 aliphatic rings. The SMILES string of the molecule is CC(C)CCC[C@@H](C)[C@H]1CCC2C3CC=C4C[C@@H](OC(=O)CCCCl)CC[C@]4(C)C3CC[C@@]21C. The highest BCUT2D eigenvalue weighted by Gasteiger charge is 2.59. The summed E-state index contributed by atoms with van der Waals surface area (Å²) in [4.78, 5) is 12.2. The van der Waals surface area contributed by atoms with Gasteiger partial charge in [-0.2, -0.15) is 0 Å². The first-order chi connectivity index (χ1) is 16.2. The first-order valence-corrected chi connectivity index (χ1v) is 15.2. The molecule has 0 N–H and O–H groups in total. The quantitative estimate of drug-likeness (QED) is 0.183. The molecule has 0 amide bonds. The summed E-state index contributed by atoms with van der Waals surface area (Å²) in [6.07, 6.45) is 18.3. The van der Waals surface area contributed by atoms with Crippen LogP contribution in [0.15, 0.2) is 11.6 Å². The Hall–Kier alpha value is -0.500. The van der Waals surface area contributed by atoms with Gasteiger partial charge in [-0.1, -0.05) is 65.5 Å². The van der Waals surface area contributed by atoms with Gasteiger partial charge in [-0.05, 0) is 97.7 Å². The number of hydrogen-bond acceptors (Lipinski definition) is 2. The van der Waals surface area contributed by atoms with Gasteiger partial charge in [0.1, 0.15) is 6.10 Å². The fourth-order valence-electron chi connectivity index (χ4n) is 9.21. The predicted molar refractivity (Wildman–Crippen MR) is 143 cm³/mol. The van der Waals surface area contributed by atoms with Gasteiger partial charge in [0.2, 0.25) is 0 Å². The lowest BCUT2D eigenvalue weighted by Gasteiger charge is -2.58. The third kappa shape index (κ3) is 5.14. The number of esters is 1. The molecule has 0 radical (unpaired) electrons. The molecule has 0 spiro atoms. The maximum absolute atomic E-state index is 12.2. The molecule has 194 valence electrons. The molecule has 3 heteroatoms. The maximum atomic E-state index is 12.2. The van der Waals surface area contributed by atoms with E-state index < -0.39 is 0 Å². The van der Waals surface area contributed by atoms with Gasteiger partial charge in [0.05, 0.1) is 0 Å². The van der Waals surface area contributed by atoms with Crippen molar-refractivity contribution in [2.45, 2.75) is 124 Å². The smallest absolute Gasteiger partial charge is 0.306 e. The van der Waals surface area contributed by atoms with E-state index in [-0.39, 0.29) is 12.1 Å². The summed E-state index contributed by atoms with van der Waals surface area (Å²) in [7, 11) is 0. The number of hydrogen-bond donors (Lipinski definition) is 0. The largest absolute Gasteiger partial charge is 0.462 e. The second-order valence-electron chi connectivity index (χ2n) is 13.4. The first-order valence-electron chi connectivity index (χ1n) is 14.6. The molecule has 3 fully saturated rings. The van der Waals surface area contributed by atoms with Crippen LogP contribution in [0.5, 0.6) is 0 Å². The average Bonchev–Trinajstić information content (AvgIpc) is 3.15. The number of fused-ring (bicyclic) bond motifs is 5. The van der Waals surface area contributed by atoms with Crippen LogP contribution in [-0.2, 0) is 9.53 Å². The number of ether oxygens (including phenoxy) is 1. The minimum absolute atomic E-state index is 0.0588. The van der Waals surface area contributed by atoms with Crippen molar-refractivity contribution >= 4 is 17.6 Å². The van der Waals surface area contributed by atoms with Crippen molar-refractivity contribution in [1.82, 2.24) is 0 Å². The zero-order valence-corrected chi connectivity index (χ0v) is 23.5. The molecule has 0 aromatic heterocycles. The summed E-state index contributed by atoms with van der Waals surface area (Å²) >= 11 is 5.75. The first kappa shape index (κ1) is 26.6. The van der Waals surface area contributed by atoms with Gasteiger partial charge in [0.15, 0.2) is 0 Å². The van der Waals surface area contributed by atoms with Crippen molar-refractivity contribution in [3.8, 4) is 0 Å². The normalized spacial score (nSPS) is 40.2. The van der Waals surface area contributed by atoms with Crippen LogP contribution in [0, 0.1) is 46.3 Å². The van der Waals surface area contributed by atoms with E-state index in [0.717, 1.165) is 54.8 Å². The van der Waals surface area contributed by atoms with Crippen molar-refractivity contribution in [2.75, 3.05) is 5.88 Å². The van der Waals surface area contributed by atoms with Gasteiger partial charge in [-0.25, -0.2) is 0 Å². The molecule has 3 saturated carbocycles. The zero-order valence-electron chi connectivity index (χ0n) is 22.7. The number of allylic oxidation sites excluding steroid dienone is 1. The summed E-state index contributed by atoms with van der Waals surface area (Å²) in [5.41, 5.74) is 2.48. The topological polar surface area (TPSA) is 26.3 Å². The molecule has 0 aromatic carbocycles. The Bertz CT molecular complexity index is 744. The monoisotopic (exact) mass is 490 g/mol. The number of alkyl halides is 1. The molecule has 0 aliphatic heterocycles. The molecule has 2 nitrogen and oxygen atoms in total. The minimum Gasteiger partial charge on any atom is -0.462 e. The van der Waals surface area contributed by atoms with E-state index in [1.807, 2.05) is 0 Å². The molecule has 4 rings (SSSR count). The van der Waals surface area contributed by atoms with Crippen LogP contribution in [0.2, 0.25) is 0 Å². The molecular formula is C31H51ClO2. The fourth-order valence-corrected chi connectivity index (χ4v) is 9.34. The summed E-state index contributed by atoms with van der Waals surface area (Å²) in [6, 6.07) is 0. The van der Waals surface area contributed by atoms with Gasteiger partial charge >= 0.3 is 5.97 Å². The fraction of sp³-hybridized carbons (Fsp3) is 0.903. The van der Waals surface area contributed by atoms with E-state index in [2.05, 4.69) is 40.7 Å². The molecule has 3 unspecified atom stereocenters. The molecule has 0 heterocycles. The Balaban J connectivity index is 1.41. The highest BCUT2D eigenvalue weighted by atomic mass is 35.5. The predicted octanol–water partition coefficient (Wildman–Crippen LogP) is 8.96. The minimum atomic E-state index is -0.0588. The molecule has 0 saturated heterocycles. The van der Waals surface area contributed by atoms with Gasteiger partial charge in [0.25, 0.3) is 0 Å². The lowest BCUT2D eigenvalue weighted by Crippen LogP contribution is -2.51. The van der Waals surface area contributed by atoms with Gasteiger partial charge in [0, 0.05) is 18.7 Å². The molecule has 4 aliphatic carbocycles. The second-order valence-corrected chi connectivity index (χ2v) is 13.8. The number of halogens is 1. The standard InChI is InChI=1S/C31H51ClO2/c1-21(2)8-6-9-22(3)26-13-14-27-25-12-11-23-20-24(34-29(33)10-7-19-32)15-17-30(23,4)28(25)16-18-31(26,27)5/h11,21-22,24-28H,6-10,12-20H2,1-5H3/t22-,24+,25?,26-,27?,28?,30+,31-/m1/s1. The number of carbonyl (C=O) groups excluding carboxylic acids is 1. The van der Waals surface area contributed by atoms with Crippen molar-refractivity contribution in [2.24, 2.45) is 46.3 Å². The van der Waals surface area contributed by atoms with Crippen LogP contribution in [-0.4, -0.2) is 18.0 Å². The Morgan fingerprint density at radius 3 is 2.59 bits per heavy atom. The highest BCUT2D eigenvalue weighted by molar-refractivity contribution is 6.17. The van der Waals surface area contributed by atoms with Crippen molar-refractivity contribution in [1.29, 1.82) is 0 Å². The van der Waals surface area contributed by atoms with E-state index >= 15 is 0 Å². The van der Waals surface area contributed by atoms with Crippen LogP contribution < -0.4 is 0 Å². The molecular weight excluding hydrogens is 440 g/mol. The van der Waals surface area contributed by atoms with Crippen LogP contribution in [0.4, 0.5) is 0 Å². The average molecular weight is 491 g/mol. The Morgan fingerprint density at radius 1 is 1.06 bits per heavy atom. The highest BCUT2D eigenvalue weighted by Crippen LogP contribution is 2.67. The van der Waals surface area contributed by atoms with Crippen molar-refractivity contribution < 1.29 is 9.53 Å². The van der Waals surface area contributed by atoms with Crippen LogP contribution in [0.25, 0.3) is 0 Å². The van der Waals surface area contributed by atoms with E-state index in [0.29, 0.717) is 23.1 Å². The summed E-state index contributed by atoms with van der Waals surface area (Å²) in [6.45, 7) is 12.5. The maximum Gasteiger partial charge on any atom is 0.306 e. The van der Waals surface area contributed by atoms with Crippen molar-refractivity contribution in [3.63, 3.8) is 0 Å². The third-order valence-electron chi connectivity index (χ3n) is 11.1. The number of carbonyl (C=O) groups is 1. The Kier molecular flexibility index (Phi) is 8.48. The van der Waals surface area contributed by atoms with E-state index in [9.17, 15) is 4.79 Å². The van der Waals surface area contributed by atoms with Crippen LogP contribution >= 0.6 is 11.6 Å². The lowest BCUT2D eigenvalue weighted by atomic mass is 9.47. The van der Waals surface area contributed by atoms with Gasteiger partial charge in [-0.3, -0.25) is 4.79 Å². The van der Waals surface area contributed by atoms with Gasteiger partial charge < -0.3 is 4.74 Å². The lowest BCUT2D eigenvalue weighted by molar-refractivity contribution is -0.151. The summed E-state index contributed by atoms with van der Waals surface area (Å²) in [5.74, 6) is 5.70. The van der Waals surface area contributed by atoms with E-state index in [1.54, 1.807) is 5.57 Å². The van der Waals surface area contributed by atoms with Gasteiger partial charge in [-0.15, -0.1) is 11.6 Å². The van der Waals surface area contributed by atoms with E-state index in [4.69, 9.17) is 16.3 Å². The third-order valence-corrected chi connectivity index (χ3v) is 11.3. The number of rotatable bonds is 9. The van der Waals surface area contributed by atoms with Crippen LogP contribution in [0.1, 0.15) is 118 Å². The molecule has 8 atom stereocenters. The summed E-state index contributed by atoms with van der Waals surface area (Å²) < 4.78 is 5.86. The second kappa shape index (κ2) is 10.9.